The summed E-state index contributed by atoms with van der Waals surface area (Å²) in [6.07, 6.45) is 4.90. The van der Waals surface area contributed by atoms with Crippen LogP contribution in [0.4, 0.5) is 0 Å². The van der Waals surface area contributed by atoms with Crippen molar-refractivity contribution < 1.29 is 9.90 Å². The number of carbonyl (C=O) groups is 1. The Labute approximate surface area is 102 Å². The fourth-order valence-corrected chi connectivity index (χ4v) is 1.76. The van der Waals surface area contributed by atoms with Crippen LogP contribution >= 0.6 is 11.3 Å². The summed E-state index contributed by atoms with van der Waals surface area (Å²) in [7, 11) is 0. The number of pyridine rings is 1. The molecule has 0 aromatic carbocycles. The molecule has 72 valence electrons. The fourth-order valence-electron chi connectivity index (χ4n) is 1.01. The molecule has 0 aliphatic carbocycles. The first-order valence-corrected chi connectivity index (χ1v) is 4.68. The van der Waals surface area contributed by atoms with Gasteiger partial charge in [0.2, 0.25) is 5.01 Å². The molecule has 0 aliphatic heterocycles. The number of aromatic carboxylic acids is 1. The second-order valence-corrected chi connectivity index (χ2v) is 3.61. The van der Waals surface area contributed by atoms with Gasteiger partial charge in [0, 0.05) is 24.2 Å². The molecule has 15 heavy (non-hydrogen) atoms. The number of hydrogen-bond donors (Lipinski definition) is 1. The minimum atomic E-state index is -0.995. The van der Waals surface area contributed by atoms with Crippen LogP contribution in [0.3, 0.4) is 0 Å². The Morgan fingerprint density at radius 2 is 2.20 bits per heavy atom. The summed E-state index contributed by atoms with van der Waals surface area (Å²) in [6.45, 7) is 0. The van der Waals surface area contributed by atoms with Gasteiger partial charge in [-0.1, -0.05) is 6.07 Å². The standard InChI is InChI=1S/C9H6N2O2S.Li.H/c12-9(13)8-11-5-7(14-8)6-2-1-3-10-4-6;;/h1-5H,(H,12,13);;. The summed E-state index contributed by atoms with van der Waals surface area (Å²) >= 11 is 1.14. The first-order chi connectivity index (χ1) is 6.77. The normalized spacial score (nSPS) is 9.33. The summed E-state index contributed by atoms with van der Waals surface area (Å²) < 4.78 is 0. The average Bonchev–Trinajstić information content (AvgIpc) is 2.68. The van der Waals surface area contributed by atoms with E-state index in [4.69, 9.17) is 5.11 Å². The van der Waals surface area contributed by atoms with Crippen LogP contribution in [0, 0.1) is 0 Å². The van der Waals surface area contributed by atoms with Crippen LogP contribution in [0.1, 0.15) is 9.80 Å². The van der Waals surface area contributed by atoms with Crippen molar-refractivity contribution in [2.24, 2.45) is 0 Å². The van der Waals surface area contributed by atoms with E-state index in [0.29, 0.717) is 0 Å². The molecule has 2 rings (SSSR count). The Kier molecular flexibility index (Phi) is 4.03. The topological polar surface area (TPSA) is 63.1 Å². The molecule has 0 spiro atoms. The van der Waals surface area contributed by atoms with Crippen molar-refractivity contribution in [3.05, 3.63) is 35.7 Å². The Morgan fingerprint density at radius 1 is 1.40 bits per heavy atom. The quantitative estimate of drug-likeness (QED) is 0.764. The molecule has 1 N–H and O–H groups in total. The van der Waals surface area contributed by atoms with Gasteiger partial charge >= 0.3 is 24.8 Å². The Hall–Kier alpha value is -1.15. The molecule has 0 saturated heterocycles. The minimum absolute atomic E-state index is 0. The number of aromatic nitrogens is 2. The van der Waals surface area contributed by atoms with E-state index in [1.807, 2.05) is 6.07 Å². The maximum atomic E-state index is 10.6. The van der Waals surface area contributed by atoms with Crippen molar-refractivity contribution in [2.45, 2.75) is 0 Å². The second kappa shape index (κ2) is 5.08. The Morgan fingerprint density at radius 3 is 2.73 bits per heavy atom. The Bertz CT molecular complexity index is 458. The van der Waals surface area contributed by atoms with E-state index < -0.39 is 5.97 Å². The van der Waals surface area contributed by atoms with Crippen molar-refractivity contribution in [3.8, 4) is 10.4 Å². The van der Waals surface area contributed by atoms with Crippen LogP contribution in [0.2, 0.25) is 0 Å². The third-order valence-corrected chi connectivity index (χ3v) is 2.67. The van der Waals surface area contributed by atoms with E-state index in [9.17, 15) is 4.79 Å². The predicted octanol–water partition coefficient (Wildman–Crippen LogP) is 1.25. The zero-order valence-corrected chi connectivity index (χ0v) is 7.86. The van der Waals surface area contributed by atoms with Gasteiger partial charge in [-0.25, -0.2) is 9.78 Å². The van der Waals surface area contributed by atoms with Crippen molar-refractivity contribution in [1.82, 2.24) is 9.97 Å². The SMILES string of the molecule is O=C(O)c1ncc(-c2cccnc2)s1.[LiH]. The van der Waals surface area contributed by atoms with Crippen LogP contribution < -0.4 is 0 Å². The van der Waals surface area contributed by atoms with Crippen LogP contribution in [-0.2, 0) is 0 Å². The zero-order valence-electron chi connectivity index (χ0n) is 7.04. The molecule has 6 heteroatoms. The zero-order chi connectivity index (χ0) is 9.97. The molecule has 0 saturated carbocycles. The summed E-state index contributed by atoms with van der Waals surface area (Å²) in [5.74, 6) is -0.995. The van der Waals surface area contributed by atoms with Crippen LogP contribution in [0.5, 0.6) is 0 Å². The molecule has 0 bridgehead atoms. The van der Waals surface area contributed by atoms with E-state index >= 15 is 0 Å². The van der Waals surface area contributed by atoms with Gasteiger partial charge < -0.3 is 5.11 Å². The number of rotatable bonds is 2. The molecular formula is C9H7LiN2O2S. The van der Waals surface area contributed by atoms with E-state index in [0.717, 1.165) is 21.8 Å². The van der Waals surface area contributed by atoms with E-state index in [2.05, 4.69) is 9.97 Å². The molecule has 4 nitrogen and oxygen atoms in total. The predicted molar refractivity (Wildman–Crippen MR) is 59.5 cm³/mol. The summed E-state index contributed by atoms with van der Waals surface area (Å²) in [4.78, 5) is 19.1. The monoisotopic (exact) mass is 214 g/mol. The molecule has 0 radical (unpaired) electrons. The molecule has 2 heterocycles. The van der Waals surface area contributed by atoms with Gasteiger partial charge in [0.1, 0.15) is 0 Å². The maximum absolute atomic E-state index is 10.6. The third-order valence-electron chi connectivity index (χ3n) is 1.63. The van der Waals surface area contributed by atoms with Gasteiger partial charge in [0.05, 0.1) is 4.88 Å². The first-order valence-electron chi connectivity index (χ1n) is 3.87. The summed E-state index contributed by atoms with van der Waals surface area (Å²) in [5, 5.41) is 8.78. The van der Waals surface area contributed by atoms with Crippen molar-refractivity contribution >= 4 is 36.2 Å². The molecule has 0 amide bonds. The number of hydrogen-bond acceptors (Lipinski definition) is 4. The van der Waals surface area contributed by atoms with Gasteiger partial charge in [-0.2, -0.15) is 0 Å². The average molecular weight is 214 g/mol. The van der Waals surface area contributed by atoms with Crippen molar-refractivity contribution in [1.29, 1.82) is 0 Å². The van der Waals surface area contributed by atoms with Crippen molar-refractivity contribution in [3.63, 3.8) is 0 Å². The molecule has 0 unspecified atom stereocenters. The molecule has 2 aromatic rings. The second-order valence-electron chi connectivity index (χ2n) is 2.58. The van der Waals surface area contributed by atoms with Gasteiger partial charge in [-0.15, -0.1) is 11.3 Å². The molecule has 2 aromatic heterocycles. The summed E-state index contributed by atoms with van der Waals surface area (Å²) in [5.41, 5.74) is 0.887. The number of nitrogens with zero attached hydrogens (tertiary/aromatic N) is 2. The van der Waals surface area contributed by atoms with Crippen LogP contribution in [0.25, 0.3) is 10.4 Å². The van der Waals surface area contributed by atoms with Gasteiger partial charge in [0.25, 0.3) is 0 Å². The molecule has 0 aliphatic rings. The number of carboxylic acid groups (broad SMARTS) is 1. The number of thiazole rings is 1. The Balaban J connectivity index is 0.00000112. The van der Waals surface area contributed by atoms with Gasteiger partial charge in [0.15, 0.2) is 0 Å². The molecule has 0 atom stereocenters. The summed E-state index contributed by atoms with van der Waals surface area (Å²) in [6, 6.07) is 3.67. The van der Waals surface area contributed by atoms with Crippen molar-refractivity contribution in [2.75, 3.05) is 0 Å². The van der Waals surface area contributed by atoms with Crippen LogP contribution in [-0.4, -0.2) is 39.9 Å². The van der Waals surface area contributed by atoms with E-state index in [1.165, 1.54) is 0 Å². The molecule has 0 fully saturated rings. The fraction of sp³-hybridized carbons (Fsp3) is 0. The first kappa shape index (κ1) is 11.9. The molecular weight excluding hydrogens is 207 g/mol. The third kappa shape index (κ3) is 2.66. The number of carboxylic acids is 1. The van der Waals surface area contributed by atoms with Crippen LogP contribution in [0.15, 0.2) is 30.7 Å². The van der Waals surface area contributed by atoms with Gasteiger partial charge in [-0.05, 0) is 6.07 Å². The van der Waals surface area contributed by atoms with E-state index in [1.54, 1.807) is 24.7 Å². The van der Waals surface area contributed by atoms with Gasteiger partial charge in [-0.3, -0.25) is 4.98 Å². The van der Waals surface area contributed by atoms with E-state index in [-0.39, 0.29) is 23.9 Å².